The second kappa shape index (κ2) is 3.82. The van der Waals surface area contributed by atoms with E-state index in [1.807, 2.05) is 0 Å². The third kappa shape index (κ3) is 1.80. The van der Waals surface area contributed by atoms with Crippen LogP contribution in [0.15, 0.2) is 27.4 Å². The van der Waals surface area contributed by atoms with Gasteiger partial charge in [-0.25, -0.2) is 9.59 Å². The van der Waals surface area contributed by atoms with Crippen molar-refractivity contribution >= 4 is 22.6 Å². The van der Waals surface area contributed by atoms with E-state index in [0.717, 1.165) is 0 Å². The van der Waals surface area contributed by atoms with Gasteiger partial charge in [0, 0.05) is 17.1 Å². The summed E-state index contributed by atoms with van der Waals surface area (Å²) in [4.78, 5) is 22.2. The molecule has 0 saturated carbocycles. The summed E-state index contributed by atoms with van der Waals surface area (Å²) in [5.74, 6) is -1.06. The predicted molar refractivity (Wildman–Crippen MR) is 60.4 cm³/mol. The maximum Gasteiger partial charge on any atom is 0.351 e. The number of fused-ring (bicyclic) bond motifs is 1. The second-order valence-corrected chi connectivity index (χ2v) is 3.39. The lowest BCUT2D eigenvalue weighted by atomic mass is 10.1. The summed E-state index contributed by atoms with van der Waals surface area (Å²) < 4.78 is 9.92. The summed E-state index contributed by atoms with van der Waals surface area (Å²) in [6, 6.07) is 4.21. The first kappa shape index (κ1) is 11.0. The highest BCUT2D eigenvalue weighted by Crippen LogP contribution is 2.28. The Hall–Kier alpha value is -2.50. The fourth-order valence-corrected chi connectivity index (χ4v) is 1.53. The van der Waals surface area contributed by atoms with Crippen molar-refractivity contribution in [1.82, 2.24) is 0 Å². The van der Waals surface area contributed by atoms with Crippen LogP contribution in [0, 0.1) is 0 Å². The fourth-order valence-electron chi connectivity index (χ4n) is 1.53. The molecule has 6 nitrogen and oxygen atoms in total. The minimum Gasteiger partial charge on any atom is -0.493 e. The Kier molecular flexibility index (Phi) is 2.47. The topological polar surface area (TPSA) is 103 Å². The van der Waals surface area contributed by atoms with Crippen molar-refractivity contribution in [3.8, 4) is 5.75 Å². The van der Waals surface area contributed by atoms with Gasteiger partial charge in [0.2, 0.25) is 0 Å². The largest absolute Gasteiger partial charge is 0.493 e. The molecule has 0 bridgehead atoms. The standard InChI is InChI=1S/C11H9NO5/c1-16-8-4-6(12)2-5-3-7(10(13)14)11(15)17-9(5)8/h2-4H,12H2,1H3,(H,13,14). The number of carbonyl (C=O) groups is 1. The number of nitrogens with two attached hydrogens (primary N) is 1. The van der Waals surface area contributed by atoms with Gasteiger partial charge in [0.25, 0.3) is 0 Å². The number of hydrogen-bond acceptors (Lipinski definition) is 5. The molecular formula is C11H9NO5. The maximum atomic E-state index is 11.4. The SMILES string of the molecule is COc1cc(N)cc2cc(C(=O)O)c(=O)oc12. The van der Waals surface area contributed by atoms with Crippen molar-refractivity contribution in [3.63, 3.8) is 0 Å². The molecule has 0 atom stereocenters. The number of anilines is 1. The van der Waals surface area contributed by atoms with E-state index in [2.05, 4.69) is 0 Å². The molecule has 0 aliphatic rings. The van der Waals surface area contributed by atoms with Crippen LogP contribution in [-0.4, -0.2) is 18.2 Å². The van der Waals surface area contributed by atoms with Gasteiger partial charge in [-0.05, 0) is 12.1 Å². The number of carboxylic acids is 1. The predicted octanol–water partition coefficient (Wildman–Crippen LogP) is 1.08. The molecule has 88 valence electrons. The van der Waals surface area contributed by atoms with Gasteiger partial charge in [0.15, 0.2) is 11.3 Å². The molecule has 0 unspecified atom stereocenters. The van der Waals surface area contributed by atoms with Gasteiger partial charge in [0.1, 0.15) is 5.56 Å². The van der Waals surface area contributed by atoms with Crippen molar-refractivity contribution in [1.29, 1.82) is 0 Å². The van der Waals surface area contributed by atoms with E-state index in [0.29, 0.717) is 11.1 Å². The second-order valence-electron chi connectivity index (χ2n) is 3.39. The van der Waals surface area contributed by atoms with E-state index in [-0.39, 0.29) is 11.3 Å². The lowest BCUT2D eigenvalue weighted by Gasteiger charge is -2.05. The third-order valence-electron chi connectivity index (χ3n) is 2.27. The van der Waals surface area contributed by atoms with Crippen LogP contribution in [0.5, 0.6) is 5.75 Å². The van der Waals surface area contributed by atoms with Crippen molar-refractivity contribution < 1.29 is 19.1 Å². The first-order valence-electron chi connectivity index (χ1n) is 4.67. The van der Waals surface area contributed by atoms with Gasteiger partial charge in [-0.1, -0.05) is 0 Å². The molecule has 0 amide bonds. The van der Waals surface area contributed by atoms with Crippen LogP contribution in [0.25, 0.3) is 11.0 Å². The number of nitrogen functional groups attached to an aromatic ring is 1. The lowest BCUT2D eigenvalue weighted by molar-refractivity contribution is 0.0692. The quantitative estimate of drug-likeness (QED) is 0.596. The Morgan fingerprint density at radius 3 is 2.71 bits per heavy atom. The number of carboxylic acid groups (broad SMARTS) is 1. The molecule has 1 heterocycles. The zero-order valence-electron chi connectivity index (χ0n) is 8.89. The van der Waals surface area contributed by atoms with Crippen molar-refractivity contribution in [2.75, 3.05) is 12.8 Å². The smallest absolute Gasteiger partial charge is 0.351 e. The summed E-state index contributed by atoms with van der Waals surface area (Å²) in [7, 11) is 1.40. The van der Waals surface area contributed by atoms with E-state index >= 15 is 0 Å². The van der Waals surface area contributed by atoms with Crippen molar-refractivity contribution in [3.05, 3.63) is 34.2 Å². The highest BCUT2D eigenvalue weighted by atomic mass is 16.5. The number of ether oxygens (including phenoxy) is 1. The summed E-state index contributed by atoms with van der Waals surface area (Å²) in [5.41, 5.74) is 4.82. The highest BCUT2D eigenvalue weighted by molar-refractivity contribution is 5.94. The van der Waals surface area contributed by atoms with Gasteiger partial charge in [0.05, 0.1) is 7.11 Å². The van der Waals surface area contributed by atoms with Crippen LogP contribution < -0.4 is 16.1 Å². The van der Waals surface area contributed by atoms with Crippen LogP contribution in [0.2, 0.25) is 0 Å². The minimum atomic E-state index is -1.35. The molecule has 2 rings (SSSR count). The Morgan fingerprint density at radius 1 is 1.41 bits per heavy atom. The fraction of sp³-hybridized carbons (Fsp3) is 0.0909. The molecule has 0 saturated heterocycles. The van der Waals surface area contributed by atoms with Gasteiger partial charge >= 0.3 is 11.6 Å². The Balaban J connectivity index is 2.87. The molecule has 0 fully saturated rings. The molecule has 0 aliphatic carbocycles. The van der Waals surface area contributed by atoms with E-state index in [9.17, 15) is 9.59 Å². The molecule has 6 heteroatoms. The number of benzene rings is 1. The lowest BCUT2D eigenvalue weighted by Crippen LogP contribution is -2.13. The monoisotopic (exact) mass is 235 g/mol. The summed E-state index contributed by atoms with van der Waals surface area (Å²) in [5, 5.41) is 9.20. The number of methoxy groups -OCH3 is 1. The van der Waals surface area contributed by atoms with Gasteiger partial charge < -0.3 is 20.0 Å². The summed E-state index contributed by atoms with van der Waals surface area (Å²) >= 11 is 0. The van der Waals surface area contributed by atoms with Crippen LogP contribution in [-0.2, 0) is 0 Å². The Bertz CT molecular complexity index is 659. The van der Waals surface area contributed by atoms with Crippen LogP contribution in [0.4, 0.5) is 5.69 Å². The van der Waals surface area contributed by atoms with Crippen molar-refractivity contribution in [2.24, 2.45) is 0 Å². The van der Waals surface area contributed by atoms with E-state index < -0.39 is 17.2 Å². The van der Waals surface area contributed by atoms with Gasteiger partial charge in [-0.2, -0.15) is 0 Å². The molecule has 17 heavy (non-hydrogen) atoms. The molecule has 2 aromatic rings. The van der Waals surface area contributed by atoms with E-state index in [1.54, 1.807) is 0 Å². The molecule has 1 aromatic carbocycles. The first-order chi connectivity index (χ1) is 8.02. The normalized spacial score (nSPS) is 10.4. The highest BCUT2D eigenvalue weighted by Gasteiger charge is 2.14. The van der Waals surface area contributed by atoms with Gasteiger partial charge in [-0.3, -0.25) is 0 Å². The summed E-state index contributed by atoms with van der Waals surface area (Å²) in [6.45, 7) is 0. The first-order valence-corrected chi connectivity index (χ1v) is 4.67. The molecule has 0 radical (unpaired) electrons. The number of hydrogen-bond donors (Lipinski definition) is 2. The average molecular weight is 235 g/mol. The Morgan fingerprint density at radius 2 is 2.12 bits per heavy atom. The molecule has 0 spiro atoms. The van der Waals surface area contributed by atoms with Crippen LogP contribution in [0.1, 0.15) is 10.4 Å². The third-order valence-corrected chi connectivity index (χ3v) is 2.27. The molecule has 3 N–H and O–H groups in total. The van der Waals surface area contributed by atoms with E-state index in [4.69, 9.17) is 20.0 Å². The zero-order chi connectivity index (χ0) is 12.6. The Labute approximate surface area is 95.2 Å². The van der Waals surface area contributed by atoms with Crippen LogP contribution >= 0.6 is 0 Å². The minimum absolute atomic E-state index is 0.178. The molecular weight excluding hydrogens is 226 g/mol. The summed E-state index contributed by atoms with van der Waals surface area (Å²) in [6.07, 6.45) is 0. The van der Waals surface area contributed by atoms with Crippen molar-refractivity contribution in [2.45, 2.75) is 0 Å². The van der Waals surface area contributed by atoms with Gasteiger partial charge in [-0.15, -0.1) is 0 Å². The average Bonchev–Trinajstić information content (AvgIpc) is 2.27. The zero-order valence-corrected chi connectivity index (χ0v) is 8.89. The molecule has 1 aromatic heterocycles. The maximum absolute atomic E-state index is 11.4. The number of aromatic carboxylic acids is 1. The van der Waals surface area contributed by atoms with E-state index in [1.165, 1.54) is 25.3 Å². The number of rotatable bonds is 2. The molecule has 0 aliphatic heterocycles. The van der Waals surface area contributed by atoms with Crippen LogP contribution in [0.3, 0.4) is 0 Å².